The van der Waals surface area contributed by atoms with Gasteiger partial charge in [-0.05, 0) is 29.8 Å². The summed E-state index contributed by atoms with van der Waals surface area (Å²) in [7, 11) is 0. The minimum atomic E-state index is -4.74. The summed E-state index contributed by atoms with van der Waals surface area (Å²) in [6.45, 7) is 0. The Bertz CT molecular complexity index is 929. The van der Waals surface area contributed by atoms with Crippen LogP contribution in [0.5, 0.6) is 5.75 Å². The number of hydrogen-bond donors (Lipinski definition) is 0. The number of benzene rings is 2. The van der Waals surface area contributed by atoms with Gasteiger partial charge in [0, 0.05) is 16.2 Å². The number of nitrogens with zero attached hydrogens (tertiary/aromatic N) is 6. The number of aromatic nitrogens is 3. The number of rotatable bonds is 4. The first-order chi connectivity index (χ1) is 12.0. The summed E-state index contributed by atoms with van der Waals surface area (Å²) >= 11 is 0. The van der Waals surface area contributed by atoms with E-state index in [4.69, 9.17) is 5.53 Å². The summed E-state index contributed by atoms with van der Waals surface area (Å²) < 4.78 is 41.7. The van der Waals surface area contributed by atoms with E-state index in [9.17, 15) is 13.2 Å². The van der Waals surface area contributed by atoms with Crippen LogP contribution < -0.4 is 4.74 Å². The van der Waals surface area contributed by atoms with Crippen LogP contribution in [0.3, 0.4) is 0 Å². The number of ether oxygens (including phenoxy) is 1. The zero-order chi connectivity index (χ0) is 17.9. The molecule has 0 saturated carbocycles. The molecule has 2 aromatic carbocycles. The van der Waals surface area contributed by atoms with E-state index in [1.165, 1.54) is 35.3 Å². The fraction of sp³-hybridized carbons (Fsp3) is 0.0667. The van der Waals surface area contributed by atoms with Gasteiger partial charge in [0.05, 0.1) is 5.69 Å². The third kappa shape index (κ3) is 3.88. The van der Waals surface area contributed by atoms with E-state index in [2.05, 4.69) is 24.8 Å². The van der Waals surface area contributed by atoms with Gasteiger partial charge in [-0.1, -0.05) is 29.4 Å². The maximum absolute atomic E-state index is 12.2. The van der Waals surface area contributed by atoms with Gasteiger partial charge < -0.3 is 4.74 Å². The SMILES string of the molecule is [N-]=[N+]=Nc1ccccc1-c1ncn(-c2ccc(OC(F)(F)F)cc2)n1. The molecule has 3 aromatic rings. The molecule has 1 aromatic heterocycles. The molecule has 0 unspecified atom stereocenters. The van der Waals surface area contributed by atoms with E-state index in [0.29, 0.717) is 22.8 Å². The molecule has 0 aliphatic heterocycles. The van der Waals surface area contributed by atoms with Gasteiger partial charge in [0.1, 0.15) is 12.1 Å². The van der Waals surface area contributed by atoms with Gasteiger partial charge in [0.2, 0.25) is 0 Å². The third-order valence-corrected chi connectivity index (χ3v) is 3.12. The summed E-state index contributed by atoms with van der Waals surface area (Å²) in [6, 6.07) is 12.0. The van der Waals surface area contributed by atoms with Crippen LogP contribution >= 0.6 is 0 Å². The summed E-state index contributed by atoms with van der Waals surface area (Å²) in [5.74, 6) is -0.0103. The highest BCUT2D eigenvalue weighted by molar-refractivity contribution is 5.70. The average Bonchev–Trinajstić information content (AvgIpc) is 3.05. The van der Waals surface area contributed by atoms with Crippen LogP contribution in [0.25, 0.3) is 27.5 Å². The summed E-state index contributed by atoms with van der Waals surface area (Å²) in [5, 5.41) is 7.84. The predicted molar refractivity (Wildman–Crippen MR) is 82.3 cm³/mol. The lowest BCUT2D eigenvalue weighted by Crippen LogP contribution is -2.17. The number of azide groups is 1. The van der Waals surface area contributed by atoms with Crippen LogP contribution in [0, 0.1) is 0 Å². The highest BCUT2D eigenvalue weighted by atomic mass is 19.4. The van der Waals surface area contributed by atoms with Crippen molar-refractivity contribution in [1.29, 1.82) is 0 Å². The van der Waals surface area contributed by atoms with Gasteiger partial charge in [-0.3, -0.25) is 0 Å². The van der Waals surface area contributed by atoms with Crippen molar-refractivity contribution in [3.8, 4) is 22.8 Å². The van der Waals surface area contributed by atoms with Crippen LogP contribution in [0.15, 0.2) is 60.0 Å². The zero-order valence-electron chi connectivity index (χ0n) is 12.4. The minimum Gasteiger partial charge on any atom is -0.406 e. The van der Waals surface area contributed by atoms with E-state index in [1.807, 2.05) is 0 Å². The number of hydrogen-bond acceptors (Lipinski definition) is 4. The normalized spacial score (nSPS) is 11.0. The molecule has 0 spiro atoms. The minimum absolute atomic E-state index is 0.318. The fourth-order valence-corrected chi connectivity index (χ4v) is 2.11. The molecule has 0 atom stereocenters. The molecule has 7 nitrogen and oxygen atoms in total. The molecular formula is C15H9F3N6O. The van der Waals surface area contributed by atoms with Crippen LogP contribution in [0.1, 0.15) is 0 Å². The first kappa shape index (κ1) is 16.3. The molecule has 0 amide bonds. The monoisotopic (exact) mass is 346 g/mol. The van der Waals surface area contributed by atoms with Crippen molar-refractivity contribution < 1.29 is 17.9 Å². The van der Waals surface area contributed by atoms with E-state index >= 15 is 0 Å². The highest BCUT2D eigenvalue weighted by Gasteiger charge is 2.30. The zero-order valence-corrected chi connectivity index (χ0v) is 12.4. The molecule has 126 valence electrons. The van der Waals surface area contributed by atoms with Crippen LogP contribution in [0.2, 0.25) is 0 Å². The van der Waals surface area contributed by atoms with Crippen molar-refractivity contribution >= 4 is 5.69 Å². The van der Waals surface area contributed by atoms with Gasteiger partial charge in [-0.15, -0.1) is 18.3 Å². The molecule has 0 bridgehead atoms. The van der Waals surface area contributed by atoms with E-state index in [-0.39, 0.29) is 5.75 Å². The Morgan fingerprint density at radius 2 is 1.80 bits per heavy atom. The Hall–Kier alpha value is -3.52. The van der Waals surface area contributed by atoms with E-state index in [1.54, 1.807) is 24.3 Å². The fourth-order valence-electron chi connectivity index (χ4n) is 2.11. The Balaban J connectivity index is 1.88. The largest absolute Gasteiger partial charge is 0.573 e. The Morgan fingerprint density at radius 1 is 1.08 bits per heavy atom. The van der Waals surface area contributed by atoms with Gasteiger partial charge in [-0.2, -0.15) is 0 Å². The Kier molecular flexibility index (Phi) is 4.27. The topological polar surface area (TPSA) is 88.7 Å². The predicted octanol–water partition coefficient (Wildman–Crippen LogP) is 4.77. The molecule has 0 aliphatic rings. The first-order valence-corrected chi connectivity index (χ1v) is 6.88. The van der Waals surface area contributed by atoms with Gasteiger partial charge in [-0.25, -0.2) is 9.67 Å². The van der Waals surface area contributed by atoms with Gasteiger partial charge >= 0.3 is 6.36 Å². The maximum Gasteiger partial charge on any atom is 0.573 e. The van der Waals surface area contributed by atoms with Gasteiger partial charge in [0.25, 0.3) is 0 Å². The quantitative estimate of drug-likeness (QED) is 0.387. The maximum atomic E-state index is 12.2. The number of alkyl halides is 3. The van der Waals surface area contributed by atoms with Crippen molar-refractivity contribution in [2.24, 2.45) is 5.11 Å². The second-order valence-electron chi connectivity index (χ2n) is 4.76. The van der Waals surface area contributed by atoms with Crippen molar-refractivity contribution in [1.82, 2.24) is 14.8 Å². The highest BCUT2D eigenvalue weighted by Crippen LogP contribution is 2.28. The number of halogens is 3. The van der Waals surface area contributed by atoms with E-state index in [0.717, 1.165) is 0 Å². The molecular weight excluding hydrogens is 337 g/mol. The van der Waals surface area contributed by atoms with Crippen molar-refractivity contribution in [3.05, 3.63) is 65.3 Å². The second-order valence-corrected chi connectivity index (χ2v) is 4.76. The molecule has 25 heavy (non-hydrogen) atoms. The Labute approximate surface area is 138 Å². The Morgan fingerprint density at radius 3 is 2.48 bits per heavy atom. The van der Waals surface area contributed by atoms with Gasteiger partial charge in [0.15, 0.2) is 5.82 Å². The first-order valence-electron chi connectivity index (χ1n) is 6.88. The van der Waals surface area contributed by atoms with Crippen LogP contribution in [0.4, 0.5) is 18.9 Å². The molecule has 0 aliphatic carbocycles. The summed E-state index contributed by atoms with van der Waals surface area (Å²) in [6.07, 6.45) is -3.34. The molecule has 10 heteroatoms. The van der Waals surface area contributed by atoms with Crippen LogP contribution in [-0.4, -0.2) is 21.1 Å². The summed E-state index contributed by atoms with van der Waals surface area (Å²) in [5.41, 5.74) is 10.0. The lowest BCUT2D eigenvalue weighted by Gasteiger charge is -2.09. The van der Waals surface area contributed by atoms with Crippen molar-refractivity contribution in [2.75, 3.05) is 0 Å². The lowest BCUT2D eigenvalue weighted by molar-refractivity contribution is -0.274. The molecule has 0 N–H and O–H groups in total. The van der Waals surface area contributed by atoms with Crippen LogP contribution in [-0.2, 0) is 0 Å². The smallest absolute Gasteiger partial charge is 0.406 e. The molecule has 3 rings (SSSR count). The van der Waals surface area contributed by atoms with E-state index < -0.39 is 6.36 Å². The van der Waals surface area contributed by atoms with Crippen molar-refractivity contribution in [2.45, 2.75) is 6.36 Å². The lowest BCUT2D eigenvalue weighted by atomic mass is 10.2. The summed E-state index contributed by atoms with van der Waals surface area (Å²) in [4.78, 5) is 6.90. The second kappa shape index (κ2) is 6.54. The molecule has 0 saturated heterocycles. The standard InChI is InChI=1S/C15H9F3N6O/c16-15(17,18)25-11-7-5-10(6-8-11)24-9-20-14(22-24)12-3-1-2-4-13(12)21-23-19/h1-9H. The van der Waals surface area contributed by atoms with Crippen molar-refractivity contribution in [3.63, 3.8) is 0 Å². The molecule has 1 heterocycles. The molecule has 0 fully saturated rings. The average molecular weight is 346 g/mol. The molecule has 0 radical (unpaired) electrons. The third-order valence-electron chi connectivity index (χ3n) is 3.12.